The van der Waals surface area contributed by atoms with Gasteiger partial charge in [-0.05, 0) is 24.1 Å². The van der Waals surface area contributed by atoms with E-state index < -0.39 is 17.5 Å². The maximum Gasteiger partial charge on any atom is 0.419 e. The molecule has 19 heavy (non-hydrogen) atoms. The van der Waals surface area contributed by atoms with Gasteiger partial charge in [0.1, 0.15) is 5.75 Å². The highest BCUT2D eigenvalue weighted by molar-refractivity contribution is 8.13. The van der Waals surface area contributed by atoms with Crippen LogP contribution in [0.1, 0.15) is 24.5 Å². The van der Waals surface area contributed by atoms with Crippen molar-refractivity contribution in [2.75, 3.05) is 5.75 Å². The van der Waals surface area contributed by atoms with Crippen LogP contribution in [0.2, 0.25) is 0 Å². The number of hydrogen-bond acceptors (Lipinski definition) is 3. The minimum Gasteiger partial charge on any atom is -0.507 e. The number of carbonyl (C=O) groups is 1. The van der Waals surface area contributed by atoms with Gasteiger partial charge in [-0.15, -0.1) is 0 Å². The maximum atomic E-state index is 12.5. The molecule has 0 aliphatic rings. The normalized spacial score (nSPS) is 12.0. The Morgan fingerprint density at radius 2 is 2.11 bits per heavy atom. The van der Waals surface area contributed by atoms with E-state index in [0.717, 1.165) is 12.1 Å². The van der Waals surface area contributed by atoms with Crippen molar-refractivity contribution in [2.24, 2.45) is 0 Å². The van der Waals surface area contributed by atoms with E-state index in [1.165, 1.54) is 30.8 Å². The predicted octanol–water partition coefficient (Wildman–Crippen LogP) is 4.09. The second kappa shape index (κ2) is 6.65. The maximum absolute atomic E-state index is 12.5. The average Bonchev–Trinajstić information content (AvgIpc) is 2.28. The topological polar surface area (TPSA) is 37.3 Å². The summed E-state index contributed by atoms with van der Waals surface area (Å²) in [6, 6.07) is 3.32. The van der Waals surface area contributed by atoms with Crippen molar-refractivity contribution in [3.63, 3.8) is 0 Å². The standard InChI is InChI=1S/C13H13F3O2S/c1-9(17)19-7-3-2-4-10-5-6-12(18)11(8-10)13(14,15)16/h2,4-6,8,18H,3,7H2,1H3. The molecular formula is C13H13F3O2S. The Morgan fingerprint density at radius 3 is 2.68 bits per heavy atom. The number of benzene rings is 1. The molecule has 0 amide bonds. The number of allylic oxidation sites excluding steroid dienone is 1. The number of alkyl halides is 3. The molecule has 6 heteroatoms. The lowest BCUT2D eigenvalue weighted by molar-refractivity contribution is -0.138. The van der Waals surface area contributed by atoms with E-state index in [0.29, 0.717) is 17.7 Å². The first-order valence-electron chi connectivity index (χ1n) is 5.51. The highest BCUT2D eigenvalue weighted by atomic mass is 32.2. The Morgan fingerprint density at radius 1 is 1.42 bits per heavy atom. The van der Waals surface area contributed by atoms with Gasteiger partial charge in [0, 0.05) is 12.7 Å². The monoisotopic (exact) mass is 290 g/mol. The van der Waals surface area contributed by atoms with E-state index in [1.54, 1.807) is 6.08 Å². The Hall–Kier alpha value is -1.43. The molecule has 0 unspecified atom stereocenters. The molecule has 0 fully saturated rings. The first-order valence-corrected chi connectivity index (χ1v) is 6.49. The van der Waals surface area contributed by atoms with Crippen molar-refractivity contribution in [3.05, 3.63) is 35.4 Å². The fraction of sp³-hybridized carbons (Fsp3) is 0.308. The molecular weight excluding hydrogens is 277 g/mol. The Labute approximate surface area is 113 Å². The summed E-state index contributed by atoms with van der Waals surface area (Å²) in [6.45, 7) is 1.46. The summed E-state index contributed by atoms with van der Waals surface area (Å²) in [6.07, 6.45) is -0.747. The number of aromatic hydroxyl groups is 1. The zero-order valence-corrected chi connectivity index (χ0v) is 11.0. The molecule has 104 valence electrons. The second-order valence-corrected chi connectivity index (χ2v) is 5.08. The highest BCUT2D eigenvalue weighted by Gasteiger charge is 2.33. The van der Waals surface area contributed by atoms with Gasteiger partial charge in [0.15, 0.2) is 5.12 Å². The lowest BCUT2D eigenvalue weighted by atomic mass is 10.1. The Bertz CT molecular complexity index is 481. The van der Waals surface area contributed by atoms with Gasteiger partial charge in [-0.3, -0.25) is 4.79 Å². The van der Waals surface area contributed by atoms with Crippen molar-refractivity contribution < 1.29 is 23.1 Å². The highest BCUT2D eigenvalue weighted by Crippen LogP contribution is 2.36. The van der Waals surface area contributed by atoms with Crippen molar-refractivity contribution in [1.29, 1.82) is 0 Å². The van der Waals surface area contributed by atoms with E-state index in [9.17, 15) is 18.0 Å². The number of thioether (sulfide) groups is 1. The summed E-state index contributed by atoms with van der Waals surface area (Å²) >= 11 is 1.17. The number of carbonyl (C=O) groups excluding carboxylic acids is 1. The van der Waals surface area contributed by atoms with Crippen LogP contribution in [0.3, 0.4) is 0 Å². The lowest BCUT2D eigenvalue weighted by Crippen LogP contribution is -2.05. The van der Waals surface area contributed by atoms with Gasteiger partial charge >= 0.3 is 6.18 Å². The lowest BCUT2D eigenvalue weighted by Gasteiger charge is -2.09. The number of hydrogen-bond donors (Lipinski definition) is 1. The summed E-state index contributed by atoms with van der Waals surface area (Å²) in [5.74, 6) is -0.187. The smallest absolute Gasteiger partial charge is 0.419 e. The SMILES string of the molecule is CC(=O)SCCC=Cc1ccc(O)c(C(F)(F)F)c1. The number of rotatable bonds is 4. The molecule has 1 aromatic carbocycles. The van der Waals surface area contributed by atoms with E-state index in [1.807, 2.05) is 0 Å². The van der Waals surface area contributed by atoms with Gasteiger partial charge in [-0.25, -0.2) is 0 Å². The van der Waals surface area contributed by atoms with Gasteiger partial charge < -0.3 is 5.11 Å². The molecule has 0 bridgehead atoms. The van der Waals surface area contributed by atoms with Crippen molar-refractivity contribution >= 4 is 23.0 Å². The largest absolute Gasteiger partial charge is 0.507 e. The summed E-state index contributed by atoms with van der Waals surface area (Å²) in [5.41, 5.74) is -0.689. The minimum absolute atomic E-state index is 0.0115. The second-order valence-electron chi connectivity index (χ2n) is 3.81. The summed E-state index contributed by atoms with van der Waals surface area (Å²) in [5, 5.41) is 9.17. The van der Waals surface area contributed by atoms with Crippen LogP contribution in [0.4, 0.5) is 13.2 Å². The molecule has 1 rings (SSSR count). The summed E-state index contributed by atoms with van der Waals surface area (Å²) in [7, 11) is 0. The van der Waals surface area contributed by atoms with Crippen LogP contribution >= 0.6 is 11.8 Å². The summed E-state index contributed by atoms with van der Waals surface area (Å²) in [4.78, 5) is 10.7. The van der Waals surface area contributed by atoms with Gasteiger partial charge in [-0.1, -0.05) is 30.0 Å². The number of halogens is 3. The van der Waals surface area contributed by atoms with Crippen molar-refractivity contribution in [2.45, 2.75) is 19.5 Å². The third kappa shape index (κ3) is 5.38. The summed E-state index contributed by atoms with van der Waals surface area (Å²) < 4.78 is 37.6. The van der Waals surface area contributed by atoms with Crippen LogP contribution in [-0.2, 0) is 11.0 Å². The Balaban J connectivity index is 2.70. The first-order chi connectivity index (χ1) is 8.80. The third-order valence-electron chi connectivity index (χ3n) is 2.23. The molecule has 0 radical (unpaired) electrons. The van der Waals surface area contributed by atoms with E-state index in [-0.39, 0.29) is 5.12 Å². The molecule has 0 aliphatic heterocycles. The average molecular weight is 290 g/mol. The molecule has 0 heterocycles. The molecule has 0 saturated heterocycles. The van der Waals surface area contributed by atoms with Crippen LogP contribution in [0.25, 0.3) is 6.08 Å². The zero-order valence-electron chi connectivity index (χ0n) is 10.2. The number of phenols is 1. The van der Waals surface area contributed by atoms with Crippen molar-refractivity contribution in [1.82, 2.24) is 0 Å². The minimum atomic E-state index is -4.57. The Kier molecular flexibility index (Phi) is 5.47. The molecule has 2 nitrogen and oxygen atoms in total. The van der Waals surface area contributed by atoms with Crippen molar-refractivity contribution in [3.8, 4) is 5.75 Å². The van der Waals surface area contributed by atoms with Gasteiger partial charge in [0.25, 0.3) is 0 Å². The molecule has 1 N–H and O–H groups in total. The van der Waals surface area contributed by atoms with Crippen LogP contribution in [-0.4, -0.2) is 16.0 Å². The fourth-order valence-corrected chi connectivity index (χ4v) is 1.92. The van der Waals surface area contributed by atoms with Crippen LogP contribution in [0.15, 0.2) is 24.3 Å². The van der Waals surface area contributed by atoms with Crippen LogP contribution < -0.4 is 0 Å². The molecule has 0 saturated carbocycles. The van der Waals surface area contributed by atoms with E-state index in [4.69, 9.17) is 5.11 Å². The molecule has 1 aromatic rings. The molecule has 0 aromatic heterocycles. The van der Waals surface area contributed by atoms with Gasteiger partial charge in [0.05, 0.1) is 5.56 Å². The van der Waals surface area contributed by atoms with Gasteiger partial charge in [0.2, 0.25) is 0 Å². The quantitative estimate of drug-likeness (QED) is 0.848. The predicted molar refractivity (Wildman–Crippen MR) is 69.9 cm³/mol. The van der Waals surface area contributed by atoms with Crippen LogP contribution in [0.5, 0.6) is 5.75 Å². The van der Waals surface area contributed by atoms with Crippen LogP contribution in [0, 0.1) is 0 Å². The van der Waals surface area contributed by atoms with E-state index >= 15 is 0 Å². The molecule has 0 aliphatic carbocycles. The third-order valence-corrected chi connectivity index (χ3v) is 3.07. The number of phenolic OH excluding ortho intramolecular Hbond substituents is 1. The first kappa shape index (κ1) is 15.6. The molecule has 0 atom stereocenters. The van der Waals surface area contributed by atoms with E-state index in [2.05, 4.69) is 0 Å². The van der Waals surface area contributed by atoms with Gasteiger partial charge in [-0.2, -0.15) is 13.2 Å². The molecule has 0 spiro atoms. The fourth-order valence-electron chi connectivity index (χ4n) is 1.37. The zero-order chi connectivity index (χ0) is 14.5.